The molecule has 6 rings (SSSR count). The van der Waals surface area contributed by atoms with Crippen molar-refractivity contribution in [1.82, 2.24) is 9.97 Å². The molecular formula is C34H45F3N2O4. The molecule has 4 heterocycles. The molecular weight excluding hydrogens is 557 g/mol. The van der Waals surface area contributed by atoms with Crippen molar-refractivity contribution in [3.05, 3.63) is 63.7 Å². The number of halogens is 3. The van der Waals surface area contributed by atoms with E-state index in [4.69, 9.17) is 14.5 Å². The Kier molecular flexibility index (Phi) is 9.96. The van der Waals surface area contributed by atoms with E-state index < -0.39 is 23.9 Å². The average Bonchev–Trinajstić information content (AvgIpc) is 2.99. The molecule has 6 nitrogen and oxygen atoms in total. The lowest BCUT2D eigenvalue weighted by molar-refractivity contribution is -0.137. The number of alkyl halides is 3. The first kappa shape index (κ1) is 32.1. The summed E-state index contributed by atoms with van der Waals surface area (Å²) < 4.78 is 50.8. The Morgan fingerprint density at radius 2 is 1.81 bits per heavy atom. The highest BCUT2D eigenvalue weighted by atomic mass is 19.4. The number of aliphatic hydroxyl groups excluding tert-OH is 2. The van der Waals surface area contributed by atoms with E-state index in [1.807, 2.05) is 6.08 Å². The largest absolute Gasteiger partial charge is 0.417 e. The van der Waals surface area contributed by atoms with Crippen LogP contribution in [0, 0.1) is 11.3 Å². The Bertz CT molecular complexity index is 1280. The van der Waals surface area contributed by atoms with Gasteiger partial charge in [-0.3, -0.25) is 9.97 Å². The van der Waals surface area contributed by atoms with E-state index in [-0.39, 0.29) is 17.0 Å². The number of rotatable bonds is 5. The topological polar surface area (TPSA) is 84.7 Å². The molecule has 43 heavy (non-hydrogen) atoms. The van der Waals surface area contributed by atoms with E-state index in [0.29, 0.717) is 44.8 Å². The Morgan fingerprint density at radius 1 is 1.09 bits per heavy atom. The fourth-order valence-electron chi connectivity index (χ4n) is 6.72. The zero-order valence-corrected chi connectivity index (χ0v) is 25.6. The van der Waals surface area contributed by atoms with Crippen molar-refractivity contribution in [3.63, 3.8) is 0 Å². The summed E-state index contributed by atoms with van der Waals surface area (Å²) >= 11 is 0. The monoisotopic (exact) mass is 602 g/mol. The third kappa shape index (κ3) is 7.00. The summed E-state index contributed by atoms with van der Waals surface area (Å²) in [6, 6.07) is 2.19. The molecule has 2 aromatic rings. The Hall–Kier alpha value is -2.33. The maximum Gasteiger partial charge on any atom is 0.417 e. The van der Waals surface area contributed by atoms with Crippen LogP contribution in [0.3, 0.4) is 0 Å². The summed E-state index contributed by atoms with van der Waals surface area (Å²) in [7, 11) is 0. The Morgan fingerprint density at radius 3 is 2.35 bits per heavy atom. The number of ether oxygens (including phenoxy) is 2. The van der Waals surface area contributed by atoms with E-state index in [2.05, 4.69) is 25.8 Å². The zero-order chi connectivity index (χ0) is 30.8. The molecule has 2 aliphatic carbocycles. The van der Waals surface area contributed by atoms with Crippen molar-refractivity contribution in [2.75, 3.05) is 26.4 Å². The summed E-state index contributed by atoms with van der Waals surface area (Å²) in [5.74, 6) is 0.916. The molecule has 0 aromatic carbocycles. The van der Waals surface area contributed by atoms with Crippen molar-refractivity contribution in [1.29, 1.82) is 0 Å². The maximum absolute atomic E-state index is 13.2. The molecule has 2 aromatic heterocycles. The lowest BCUT2D eigenvalue weighted by Gasteiger charge is -2.48. The van der Waals surface area contributed by atoms with Gasteiger partial charge in [-0.05, 0) is 79.5 Å². The number of hydrogen-bond acceptors (Lipinski definition) is 6. The van der Waals surface area contributed by atoms with Gasteiger partial charge in [0.15, 0.2) is 0 Å². The molecule has 1 saturated heterocycles. The standard InChI is InChI=1S/C29H33F3N2O4.C5H12/c30-29(31,32)19-2-3-20(33-16-19)27(36)25-23(17-4-10-37-11-5-17)24-21(14-28(8-1-9-28)15-22(24)35)34-26(25)18-6-12-38-13-7-18;1-4-5(2)3/h2-4,16,18,22,27,35-36H,1,5-15H2;5H,4H2,1-3H3. The molecule has 236 valence electrons. The Labute approximate surface area is 252 Å². The van der Waals surface area contributed by atoms with Crippen molar-refractivity contribution >= 4 is 5.57 Å². The SMILES string of the molecule is CCC(C)C.OC1CC2(CCC2)Cc2nc(C3CCOCC3)c(C(O)c3ccc(C(F)(F)F)cn3)c(C3=CCOCC3)c21. The molecule has 2 aliphatic heterocycles. The highest BCUT2D eigenvalue weighted by molar-refractivity contribution is 5.74. The minimum absolute atomic E-state index is 0.0312. The molecule has 1 saturated carbocycles. The van der Waals surface area contributed by atoms with Gasteiger partial charge in [0.1, 0.15) is 6.10 Å². The lowest BCUT2D eigenvalue weighted by atomic mass is 9.59. The number of aliphatic hydroxyl groups is 2. The van der Waals surface area contributed by atoms with Gasteiger partial charge in [0.25, 0.3) is 0 Å². The Balaban J connectivity index is 0.000000682. The van der Waals surface area contributed by atoms with E-state index in [9.17, 15) is 23.4 Å². The number of pyridine rings is 2. The van der Waals surface area contributed by atoms with Gasteiger partial charge >= 0.3 is 6.18 Å². The van der Waals surface area contributed by atoms with Crippen LogP contribution < -0.4 is 0 Å². The minimum atomic E-state index is -4.52. The van der Waals surface area contributed by atoms with Gasteiger partial charge < -0.3 is 19.7 Å². The van der Waals surface area contributed by atoms with Crippen LogP contribution in [-0.4, -0.2) is 46.6 Å². The van der Waals surface area contributed by atoms with E-state index in [1.165, 1.54) is 12.5 Å². The second kappa shape index (κ2) is 13.3. The van der Waals surface area contributed by atoms with E-state index >= 15 is 0 Å². The third-order valence-electron chi connectivity index (χ3n) is 9.67. The van der Waals surface area contributed by atoms with Crippen molar-refractivity contribution < 1.29 is 32.9 Å². The van der Waals surface area contributed by atoms with Crippen LogP contribution in [0.15, 0.2) is 24.4 Å². The molecule has 0 radical (unpaired) electrons. The van der Waals surface area contributed by atoms with Gasteiger partial charge in [0.2, 0.25) is 0 Å². The molecule has 2 N–H and O–H groups in total. The van der Waals surface area contributed by atoms with Gasteiger partial charge in [-0.1, -0.05) is 39.7 Å². The number of hydrogen-bond donors (Lipinski definition) is 2. The van der Waals surface area contributed by atoms with Gasteiger partial charge in [-0.15, -0.1) is 0 Å². The van der Waals surface area contributed by atoms with Crippen LogP contribution in [0.5, 0.6) is 0 Å². The van der Waals surface area contributed by atoms with Crippen LogP contribution in [-0.2, 0) is 22.1 Å². The predicted molar refractivity (Wildman–Crippen MR) is 158 cm³/mol. The number of nitrogens with zero attached hydrogens (tertiary/aromatic N) is 2. The van der Waals surface area contributed by atoms with Crippen molar-refractivity contribution in [3.8, 4) is 0 Å². The molecule has 2 fully saturated rings. The van der Waals surface area contributed by atoms with E-state index in [0.717, 1.165) is 84.8 Å². The average molecular weight is 603 g/mol. The van der Waals surface area contributed by atoms with Crippen LogP contribution in [0.25, 0.3) is 5.57 Å². The highest BCUT2D eigenvalue weighted by Crippen LogP contribution is 2.55. The summed E-state index contributed by atoms with van der Waals surface area (Å²) in [4.78, 5) is 9.22. The third-order valence-corrected chi connectivity index (χ3v) is 9.67. The first-order chi connectivity index (χ1) is 20.5. The summed E-state index contributed by atoms with van der Waals surface area (Å²) in [5, 5.41) is 23.3. The zero-order valence-electron chi connectivity index (χ0n) is 25.6. The first-order valence-corrected chi connectivity index (χ1v) is 15.8. The molecule has 1 spiro atoms. The fourth-order valence-corrected chi connectivity index (χ4v) is 6.72. The second-order valence-corrected chi connectivity index (χ2v) is 13.0. The van der Waals surface area contributed by atoms with Gasteiger partial charge in [0, 0.05) is 42.1 Å². The molecule has 2 unspecified atom stereocenters. The number of aromatic nitrogens is 2. The van der Waals surface area contributed by atoms with Gasteiger partial charge in [-0.2, -0.15) is 13.2 Å². The predicted octanol–water partition coefficient (Wildman–Crippen LogP) is 7.48. The molecule has 0 amide bonds. The molecule has 4 aliphatic rings. The second-order valence-electron chi connectivity index (χ2n) is 13.0. The van der Waals surface area contributed by atoms with Crippen LogP contribution in [0.1, 0.15) is 130 Å². The van der Waals surface area contributed by atoms with Gasteiger partial charge in [0.05, 0.1) is 36.3 Å². The summed E-state index contributed by atoms with van der Waals surface area (Å²) in [6.07, 6.45) is 4.36. The first-order valence-electron chi connectivity index (χ1n) is 15.8. The van der Waals surface area contributed by atoms with Crippen LogP contribution in [0.2, 0.25) is 0 Å². The normalized spacial score (nSPS) is 22.7. The molecule has 0 bridgehead atoms. The van der Waals surface area contributed by atoms with Gasteiger partial charge in [-0.25, -0.2) is 0 Å². The van der Waals surface area contributed by atoms with Crippen molar-refractivity contribution in [2.24, 2.45) is 11.3 Å². The fraction of sp³-hybridized carbons (Fsp3) is 0.647. The quantitative estimate of drug-likeness (QED) is 0.369. The molecule has 2 atom stereocenters. The van der Waals surface area contributed by atoms with Crippen LogP contribution in [0.4, 0.5) is 13.2 Å². The summed E-state index contributed by atoms with van der Waals surface area (Å²) in [6.45, 7) is 8.74. The lowest BCUT2D eigenvalue weighted by Crippen LogP contribution is -2.39. The smallest absolute Gasteiger partial charge is 0.388 e. The highest BCUT2D eigenvalue weighted by Gasteiger charge is 2.46. The molecule has 9 heteroatoms. The van der Waals surface area contributed by atoms with Crippen molar-refractivity contribution in [2.45, 2.75) is 103 Å². The van der Waals surface area contributed by atoms with Crippen LogP contribution >= 0.6 is 0 Å². The van der Waals surface area contributed by atoms with E-state index in [1.54, 1.807) is 0 Å². The minimum Gasteiger partial charge on any atom is -0.388 e. The maximum atomic E-state index is 13.2. The number of fused-ring (bicyclic) bond motifs is 1. The summed E-state index contributed by atoms with van der Waals surface area (Å²) in [5.41, 5.74) is 4.06.